The first-order valence-corrected chi connectivity index (χ1v) is 6.52. The van der Waals surface area contributed by atoms with Gasteiger partial charge in [-0.2, -0.15) is 4.98 Å². The van der Waals surface area contributed by atoms with Crippen LogP contribution in [0, 0.1) is 0 Å². The maximum Gasteiger partial charge on any atom is 0.246 e. The molecule has 2 heterocycles. The summed E-state index contributed by atoms with van der Waals surface area (Å²) in [6, 6.07) is 3.90. The van der Waals surface area contributed by atoms with Gasteiger partial charge in [-0.1, -0.05) is 12.1 Å². The zero-order chi connectivity index (χ0) is 11.8. The third-order valence-electron chi connectivity index (χ3n) is 2.44. The van der Waals surface area contributed by atoms with Gasteiger partial charge < -0.3 is 10.3 Å². The predicted molar refractivity (Wildman–Crippen MR) is 67.1 cm³/mol. The minimum Gasteiger partial charge on any atom is -0.337 e. The van der Waals surface area contributed by atoms with Gasteiger partial charge in [-0.15, -0.1) is 11.3 Å². The van der Waals surface area contributed by atoms with Gasteiger partial charge in [-0.05, 0) is 41.4 Å². The zero-order valence-corrected chi connectivity index (χ0v) is 11.4. The molecule has 0 bridgehead atoms. The molecule has 0 radical (unpaired) electrons. The van der Waals surface area contributed by atoms with Gasteiger partial charge in [0.1, 0.15) is 0 Å². The van der Waals surface area contributed by atoms with Crippen LogP contribution in [-0.2, 0) is 5.54 Å². The van der Waals surface area contributed by atoms with Gasteiger partial charge in [0.05, 0.1) is 14.2 Å². The van der Waals surface area contributed by atoms with Crippen molar-refractivity contribution < 1.29 is 4.52 Å². The van der Waals surface area contributed by atoms with Crippen molar-refractivity contribution in [3.05, 3.63) is 21.8 Å². The van der Waals surface area contributed by atoms with Gasteiger partial charge in [0.2, 0.25) is 11.7 Å². The van der Waals surface area contributed by atoms with E-state index in [4.69, 9.17) is 10.3 Å². The number of halogens is 1. The lowest BCUT2D eigenvalue weighted by Crippen LogP contribution is -2.32. The molecule has 0 amide bonds. The van der Waals surface area contributed by atoms with E-state index in [1.54, 1.807) is 11.3 Å². The van der Waals surface area contributed by atoms with Gasteiger partial charge in [0.25, 0.3) is 0 Å². The third kappa shape index (κ3) is 2.18. The van der Waals surface area contributed by atoms with Crippen molar-refractivity contribution in [3.63, 3.8) is 0 Å². The summed E-state index contributed by atoms with van der Waals surface area (Å²) < 4.78 is 6.23. The molecule has 0 aliphatic carbocycles. The SMILES string of the molecule is CCC(C)(N)c1nc(-c2ccc(Br)s2)no1. The van der Waals surface area contributed by atoms with Gasteiger partial charge >= 0.3 is 0 Å². The summed E-state index contributed by atoms with van der Waals surface area (Å²) in [6.45, 7) is 3.88. The van der Waals surface area contributed by atoms with E-state index in [0.29, 0.717) is 11.7 Å². The minimum absolute atomic E-state index is 0.481. The number of nitrogens with zero attached hydrogens (tertiary/aromatic N) is 2. The molecule has 0 aliphatic rings. The first-order chi connectivity index (χ1) is 7.53. The van der Waals surface area contributed by atoms with E-state index in [0.717, 1.165) is 15.1 Å². The predicted octanol–water partition coefficient (Wildman–Crippen LogP) is 3.14. The molecule has 2 rings (SSSR count). The Balaban J connectivity index is 2.33. The molecule has 0 fully saturated rings. The molecule has 0 spiro atoms. The summed E-state index contributed by atoms with van der Waals surface area (Å²) in [5.41, 5.74) is 5.48. The molecular formula is C10H12BrN3OS. The number of nitrogens with two attached hydrogens (primary N) is 1. The summed E-state index contributed by atoms with van der Waals surface area (Å²) in [4.78, 5) is 5.29. The fourth-order valence-corrected chi connectivity index (χ4v) is 2.45. The van der Waals surface area contributed by atoms with E-state index in [9.17, 15) is 0 Å². The number of rotatable bonds is 3. The normalized spacial score (nSPS) is 15.0. The van der Waals surface area contributed by atoms with E-state index in [1.165, 1.54) is 0 Å². The molecule has 0 saturated heterocycles. The van der Waals surface area contributed by atoms with Crippen molar-refractivity contribution in [1.29, 1.82) is 0 Å². The Labute approximate surface area is 106 Å². The van der Waals surface area contributed by atoms with Crippen LogP contribution in [0.2, 0.25) is 0 Å². The molecule has 4 nitrogen and oxygen atoms in total. The highest BCUT2D eigenvalue weighted by Crippen LogP contribution is 2.30. The molecule has 1 unspecified atom stereocenters. The van der Waals surface area contributed by atoms with Crippen LogP contribution in [-0.4, -0.2) is 10.1 Å². The Morgan fingerprint density at radius 1 is 1.56 bits per heavy atom. The monoisotopic (exact) mass is 301 g/mol. The van der Waals surface area contributed by atoms with E-state index in [-0.39, 0.29) is 0 Å². The second kappa shape index (κ2) is 4.27. The largest absolute Gasteiger partial charge is 0.337 e. The smallest absolute Gasteiger partial charge is 0.246 e. The molecule has 0 aliphatic heterocycles. The summed E-state index contributed by atoms with van der Waals surface area (Å²) in [6.07, 6.45) is 0.753. The quantitative estimate of drug-likeness (QED) is 0.946. The topological polar surface area (TPSA) is 64.9 Å². The first-order valence-electron chi connectivity index (χ1n) is 4.91. The average molecular weight is 302 g/mol. The van der Waals surface area contributed by atoms with Crippen LogP contribution >= 0.6 is 27.3 Å². The number of hydrogen-bond donors (Lipinski definition) is 1. The molecular weight excluding hydrogens is 290 g/mol. The Morgan fingerprint density at radius 3 is 2.88 bits per heavy atom. The minimum atomic E-state index is -0.556. The van der Waals surface area contributed by atoms with Crippen molar-refractivity contribution in [2.24, 2.45) is 5.73 Å². The third-order valence-corrected chi connectivity index (χ3v) is 4.06. The van der Waals surface area contributed by atoms with Crippen LogP contribution in [0.25, 0.3) is 10.7 Å². The van der Waals surface area contributed by atoms with Gasteiger partial charge in [0, 0.05) is 0 Å². The van der Waals surface area contributed by atoms with Crippen molar-refractivity contribution >= 4 is 27.3 Å². The summed E-state index contributed by atoms with van der Waals surface area (Å²) in [5, 5.41) is 3.94. The number of thiophene rings is 1. The molecule has 6 heteroatoms. The van der Waals surface area contributed by atoms with Gasteiger partial charge in [-0.25, -0.2) is 0 Å². The first kappa shape index (κ1) is 11.8. The van der Waals surface area contributed by atoms with E-state index in [1.807, 2.05) is 26.0 Å². The summed E-state index contributed by atoms with van der Waals surface area (Å²) in [5.74, 6) is 1.07. The molecule has 86 valence electrons. The van der Waals surface area contributed by atoms with Crippen LogP contribution in [0.5, 0.6) is 0 Å². The van der Waals surface area contributed by atoms with Crippen molar-refractivity contribution in [1.82, 2.24) is 10.1 Å². The molecule has 1 atom stereocenters. The maximum absolute atomic E-state index is 6.03. The molecule has 0 saturated carbocycles. The molecule has 2 aromatic heterocycles. The van der Waals surface area contributed by atoms with E-state index >= 15 is 0 Å². The van der Waals surface area contributed by atoms with Crippen LogP contribution in [0.15, 0.2) is 20.4 Å². The van der Waals surface area contributed by atoms with Gasteiger partial charge in [0.15, 0.2) is 0 Å². The fourth-order valence-electron chi connectivity index (χ4n) is 1.14. The lowest BCUT2D eigenvalue weighted by molar-refractivity contribution is 0.291. The van der Waals surface area contributed by atoms with Gasteiger partial charge in [-0.3, -0.25) is 0 Å². The van der Waals surface area contributed by atoms with E-state index in [2.05, 4.69) is 26.1 Å². The van der Waals surface area contributed by atoms with Crippen LogP contribution in [0.1, 0.15) is 26.2 Å². The highest BCUT2D eigenvalue weighted by atomic mass is 79.9. The average Bonchev–Trinajstić information content (AvgIpc) is 2.85. The summed E-state index contributed by atoms with van der Waals surface area (Å²) in [7, 11) is 0. The highest BCUT2D eigenvalue weighted by molar-refractivity contribution is 9.11. The zero-order valence-electron chi connectivity index (χ0n) is 9.03. The second-order valence-electron chi connectivity index (χ2n) is 3.80. The van der Waals surface area contributed by atoms with Crippen LogP contribution in [0.4, 0.5) is 0 Å². The Hall–Kier alpha value is -0.720. The molecule has 2 aromatic rings. The fraction of sp³-hybridized carbons (Fsp3) is 0.400. The summed E-state index contributed by atoms with van der Waals surface area (Å²) >= 11 is 4.96. The van der Waals surface area contributed by atoms with Crippen LogP contribution < -0.4 is 5.73 Å². The molecule has 2 N–H and O–H groups in total. The lowest BCUT2D eigenvalue weighted by Gasteiger charge is -2.16. The highest BCUT2D eigenvalue weighted by Gasteiger charge is 2.26. The Morgan fingerprint density at radius 2 is 2.31 bits per heavy atom. The second-order valence-corrected chi connectivity index (χ2v) is 6.26. The van der Waals surface area contributed by atoms with Crippen molar-refractivity contribution in [2.75, 3.05) is 0 Å². The van der Waals surface area contributed by atoms with Crippen molar-refractivity contribution in [3.8, 4) is 10.7 Å². The molecule has 0 aromatic carbocycles. The molecule has 16 heavy (non-hydrogen) atoms. The van der Waals surface area contributed by atoms with E-state index < -0.39 is 5.54 Å². The number of aromatic nitrogens is 2. The number of hydrogen-bond acceptors (Lipinski definition) is 5. The lowest BCUT2D eigenvalue weighted by atomic mass is 10.0. The maximum atomic E-state index is 6.03. The Kier molecular flexibility index (Phi) is 3.14. The van der Waals surface area contributed by atoms with Crippen LogP contribution in [0.3, 0.4) is 0 Å². The van der Waals surface area contributed by atoms with Crippen molar-refractivity contribution in [2.45, 2.75) is 25.8 Å². The standard InChI is InChI=1S/C10H12BrN3OS/c1-3-10(2,12)9-13-8(14-15-9)6-4-5-7(11)16-6/h4-5H,3,12H2,1-2H3. The Bertz CT molecular complexity index is 492.